The molecule has 3 saturated heterocycles. The second-order valence-electron chi connectivity index (χ2n) is 8.39. The Hall–Kier alpha value is -0.640. The van der Waals surface area contributed by atoms with Crippen LogP contribution in [0.25, 0.3) is 0 Å². The SMILES string of the molecule is NC[C@H]1O[C@@H](O)[C@H](O)[C@@H](O)[C@@H]1O[C@H]1O[C@H](CO)[C@@H](O[C@H]2O[C@H](CO)[C@@H](O)[C@H](O)[C@H]2O)[C@H](O)[C@H]1O. The van der Waals surface area contributed by atoms with Crippen LogP contribution >= 0.6 is 0 Å². The summed E-state index contributed by atoms with van der Waals surface area (Å²) in [5.74, 6) is 0. The van der Waals surface area contributed by atoms with Crippen molar-refractivity contribution in [3.63, 3.8) is 0 Å². The Kier molecular flexibility index (Phi) is 9.54. The van der Waals surface area contributed by atoms with Crippen LogP contribution in [0.5, 0.6) is 0 Å². The molecule has 200 valence electrons. The van der Waals surface area contributed by atoms with E-state index < -0.39 is 105 Å². The van der Waals surface area contributed by atoms with Gasteiger partial charge < -0.3 is 80.5 Å². The Balaban J connectivity index is 1.72. The van der Waals surface area contributed by atoms with Gasteiger partial charge in [-0.15, -0.1) is 0 Å². The third-order valence-corrected chi connectivity index (χ3v) is 6.14. The molecule has 0 aromatic carbocycles. The average molecular weight is 503 g/mol. The molecular formula is C18H33NO15. The molecule has 16 nitrogen and oxygen atoms in total. The van der Waals surface area contributed by atoms with Crippen LogP contribution in [0.1, 0.15) is 0 Å². The molecule has 0 unspecified atom stereocenters. The van der Waals surface area contributed by atoms with E-state index in [0.717, 1.165) is 0 Å². The van der Waals surface area contributed by atoms with Gasteiger partial charge in [0.2, 0.25) is 0 Å². The molecule has 0 aliphatic carbocycles. The lowest BCUT2D eigenvalue weighted by molar-refractivity contribution is -0.376. The van der Waals surface area contributed by atoms with E-state index in [9.17, 15) is 51.1 Å². The van der Waals surface area contributed by atoms with Crippen LogP contribution in [0, 0.1) is 0 Å². The Morgan fingerprint density at radius 2 is 1.00 bits per heavy atom. The van der Waals surface area contributed by atoms with Gasteiger partial charge in [0.05, 0.1) is 13.2 Å². The molecule has 15 atom stereocenters. The monoisotopic (exact) mass is 503 g/mol. The summed E-state index contributed by atoms with van der Waals surface area (Å²) in [6, 6.07) is 0. The molecule has 0 radical (unpaired) electrons. The van der Waals surface area contributed by atoms with E-state index in [4.69, 9.17) is 29.4 Å². The Labute approximate surface area is 193 Å². The molecule has 3 fully saturated rings. The molecule has 0 saturated carbocycles. The molecule has 0 aromatic heterocycles. The van der Waals surface area contributed by atoms with Gasteiger partial charge in [-0.1, -0.05) is 0 Å². The van der Waals surface area contributed by atoms with Crippen LogP contribution in [0.15, 0.2) is 0 Å². The van der Waals surface area contributed by atoms with E-state index in [2.05, 4.69) is 0 Å². The van der Waals surface area contributed by atoms with Gasteiger partial charge in [0.15, 0.2) is 18.9 Å². The van der Waals surface area contributed by atoms with Crippen molar-refractivity contribution in [3.8, 4) is 0 Å². The molecule has 16 heteroatoms. The fourth-order valence-corrected chi connectivity index (χ4v) is 4.10. The Morgan fingerprint density at radius 3 is 1.53 bits per heavy atom. The van der Waals surface area contributed by atoms with E-state index >= 15 is 0 Å². The predicted octanol–water partition coefficient (Wildman–Crippen LogP) is -7.61. The zero-order valence-corrected chi connectivity index (χ0v) is 17.9. The standard InChI is InChI=1S/C18H33NO15/c19-1-4-14(9(24)11(26)16(29)30-4)33-18-13(28)10(25)15(6(3-21)32-18)34-17-12(27)8(23)7(22)5(2-20)31-17/h4-18,20-29H,1-3,19H2/t4-,5-,6-,7-,8+,9-,10-,11-,12-,13-,14-,15-,16-,17-,18-/m1/s1. The van der Waals surface area contributed by atoms with Gasteiger partial charge in [0, 0.05) is 6.54 Å². The largest absolute Gasteiger partial charge is 0.394 e. The summed E-state index contributed by atoms with van der Waals surface area (Å²) in [5.41, 5.74) is 5.55. The normalized spacial score (nSPS) is 52.5. The number of aliphatic hydroxyl groups is 10. The molecule has 3 aliphatic heterocycles. The fourth-order valence-electron chi connectivity index (χ4n) is 4.10. The van der Waals surface area contributed by atoms with Crippen LogP contribution in [0.4, 0.5) is 0 Å². The van der Waals surface area contributed by atoms with Crippen molar-refractivity contribution >= 4 is 0 Å². The van der Waals surface area contributed by atoms with E-state index in [1.54, 1.807) is 0 Å². The molecule has 0 spiro atoms. The number of hydrogen-bond acceptors (Lipinski definition) is 16. The van der Waals surface area contributed by atoms with Gasteiger partial charge in [-0.25, -0.2) is 0 Å². The molecule has 3 heterocycles. The minimum atomic E-state index is -1.87. The molecular weight excluding hydrogens is 470 g/mol. The summed E-state index contributed by atoms with van der Waals surface area (Å²) in [7, 11) is 0. The van der Waals surface area contributed by atoms with Crippen molar-refractivity contribution in [3.05, 3.63) is 0 Å². The zero-order valence-electron chi connectivity index (χ0n) is 17.9. The second-order valence-corrected chi connectivity index (χ2v) is 8.39. The lowest BCUT2D eigenvalue weighted by Gasteiger charge is -2.47. The summed E-state index contributed by atoms with van der Waals surface area (Å²) in [6.07, 6.45) is -24.3. The van der Waals surface area contributed by atoms with E-state index in [-0.39, 0.29) is 6.54 Å². The van der Waals surface area contributed by atoms with Crippen molar-refractivity contribution < 1.29 is 74.7 Å². The third-order valence-electron chi connectivity index (χ3n) is 6.14. The summed E-state index contributed by atoms with van der Waals surface area (Å²) < 4.78 is 26.7. The lowest BCUT2D eigenvalue weighted by Crippen LogP contribution is -2.66. The molecule has 0 bridgehead atoms. The van der Waals surface area contributed by atoms with E-state index in [0.29, 0.717) is 0 Å². The smallest absolute Gasteiger partial charge is 0.187 e. The van der Waals surface area contributed by atoms with E-state index in [1.165, 1.54) is 0 Å². The molecule has 0 aromatic rings. The van der Waals surface area contributed by atoms with Gasteiger partial charge in [0.1, 0.15) is 73.2 Å². The predicted molar refractivity (Wildman–Crippen MR) is 103 cm³/mol. The van der Waals surface area contributed by atoms with Crippen molar-refractivity contribution in [2.45, 2.75) is 92.1 Å². The summed E-state index contributed by atoms with van der Waals surface area (Å²) >= 11 is 0. The van der Waals surface area contributed by atoms with Gasteiger partial charge in [-0.2, -0.15) is 0 Å². The third kappa shape index (κ3) is 5.37. The highest BCUT2D eigenvalue weighted by molar-refractivity contribution is 4.96. The number of rotatable bonds is 7. The van der Waals surface area contributed by atoms with Crippen molar-refractivity contribution in [2.24, 2.45) is 5.73 Å². The highest BCUT2D eigenvalue weighted by atomic mass is 16.8. The number of nitrogens with two attached hydrogens (primary N) is 1. The van der Waals surface area contributed by atoms with Crippen molar-refractivity contribution in [1.82, 2.24) is 0 Å². The van der Waals surface area contributed by atoms with Gasteiger partial charge in [-0.3, -0.25) is 0 Å². The van der Waals surface area contributed by atoms with Crippen LogP contribution in [-0.4, -0.2) is 163 Å². The summed E-state index contributed by atoms with van der Waals surface area (Å²) in [4.78, 5) is 0. The molecule has 34 heavy (non-hydrogen) atoms. The zero-order chi connectivity index (χ0) is 25.3. The van der Waals surface area contributed by atoms with Gasteiger partial charge in [-0.05, 0) is 0 Å². The molecule has 12 N–H and O–H groups in total. The summed E-state index contributed by atoms with van der Waals surface area (Å²) in [6.45, 7) is -1.79. The Morgan fingerprint density at radius 1 is 0.529 bits per heavy atom. The first-order chi connectivity index (χ1) is 16.0. The minimum Gasteiger partial charge on any atom is -0.394 e. The second kappa shape index (κ2) is 11.6. The quantitative estimate of drug-likeness (QED) is 0.154. The topological polar surface area (TPSA) is 274 Å². The lowest BCUT2D eigenvalue weighted by atomic mass is 9.96. The molecule has 0 amide bonds. The summed E-state index contributed by atoms with van der Waals surface area (Å²) in [5, 5.41) is 99.9. The first-order valence-electron chi connectivity index (χ1n) is 10.7. The molecule has 3 rings (SSSR count). The maximum Gasteiger partial charge on any atom is 0.187 e. The van der Waals surface area contributed by atoms with Crippen LogP contribution in [0.3, 0.4) is 0 Å². The number of aliphatic hydroxyl groups excluding tert-OH is 10. The highest BCUT2D eigenvalue weighted by Gasteiger charge is 2.53. The maximum absolute atomic E-state index is 10.6. The van der Waals surface area contributed by atoms with Gasteiger partial charge in [0.25, 0.3) is 0 Å². The van der Waals surface area contributed by atoms with Crippen LogP contribution < -0.4 is 5.73 Å². The average Bonchev–Trinajstić information content (AvgIpc) is 2.83. The highest BCUT2D eigenvalue weighted by Crippen LogP contribution is 2.32. The van der Waals surface area contributed by atoms with Crippen LogP contribution in [-0.2, 0) is 23.7 Å². The first-order valence-corrected chi connectivity index (χ1v) is 10.7. The molecule has 3 aliphatic rings. The maximum atomic E-state index is 10.6. The number of ether oxygens (including phenoxy) is 5. The first kappa shape index (κ1) is 27.9. The van der Waals surface area contributed by atoms with Crippen molar-refractivity contribution in [1.29, 1.82) is 0 Å². The van der Waals surface area contributed by atoms with Crippen molar-refractivity contribution in [2.75, 3.05) is 19.8 Å². The Bertz CT molecular complexity index is 640. The van der Waals surface area contributed by atoms with Gasteiger partial charge >= 0.3 is 0 Å². The minimum absolute atomic E-state index is 0.261. The van der Waals surface area contributed by atoms with Crippen LogP contribution in [0.2, 0.25) is 0 Å². The fraction of sp³-hybridized carbons (Fsp3) is 1.00. The number of hydrogen-bond donors (Lipinski definition) is 11. The van der Waals surface area contributed by atoms with E-state index in [1.807, 2.05) is 0 Å².